The SMILES string of the molecule is CCC(C(=O)NC)N(Cc1ccccc1)C(=O)CN(c1ccc2c(c1)OCCO2)S(=O)(=O)c1ccccc1. The number of nitrogens with one attached hydrogen (secondary N) is 1. The van der Waals surface area contributed by atoms with Gasteiger partial charge in [-0.2, -0.15) is 0 Å². The van der Waals surface area contributed by atoms with Crippen molar-refractivity contribution in [1.29, 1.82) is 0 Å². The summed E-state index contributed by atoms with van der Waals surface area (Å²) in [6, 6.07) is 21.2. The molecule has 3 aromatic carbocycles. The molecular formula is C28H31N3O6S. The molecule has 1 unspecified atom stereocenters. The van der Waals surface area contributed by atoms with Crippen molar-refractivity contribution in [2.24, 2.45) is 0 Å². The third-order valence-electron chi connectivity index (χ3n) is 6.25. The molecule has 3 aromatic rings. The number of ether oxygens (including phenoxy) is 2. The molecule has 0 aliphatic carbocycles. The monoisotopic (exact) mass is 537 g/mol. The smallest absolute Gasteiger partial charge is 0.264 e. The van der Waals surface area contributed by atoms with E-state index in [1.807, 2.05) is 37.3 Å². The lowest BCUT2D eigenvalue weighted by Crippen LogP contribution is -2.51. The van der Waals surface area contributed by atoms with Crippen molar-refractivity contribution >= 4 is 27.5 Å². The predicted octanol–water partition coefficient (Wildman–Crippen LogP) is 3.21. The highest BCUT2D eigenvalue weighted by molar-refractivity contribution is 7.92. The van der Waals surface area contributed by atoms with Crippen LogP contribution in [0.15, 0.2) is 83.8 Å². The summed E-state index contributed by atoms with van der Waals surface area (Å²) in [5, 5.41) is 2.62. The van der Waals surface area contributed by atoms with Gasteiger partial charge in [-0.15, -0.1) is 0 Å². The first-order chi connectivity index (χ1) is 18.3. The molecular weight excluding hydrogens is 506 g/mol. The Hall–Kier alpha value is -4.05. The fourth-order valence-electron chi connectivity index (χ4n) is 4.30. The summed E-state index contributed by atoms with van der Waals surface area (Å²) in [4.78, 5) is 28.1. The first kappa shape index (κ1) is 27.0. The fourth-order valence-corrected chi connectivity index (χ4v) is 5.73. The van der Waals surface area contributed by atoms with Crippen molar-refractivity contribution in [2.45, 2.75) is 30.8 Å². The minimum absolute atomic E-state index is 0.0376. The molecule has 0 saturated carbocycles. The zero-order valence-corrected chi connectivity index (χ0v) is 22.2. The Morgan fingerprint density at radius 1 is 0.921 bits per heavy atom. The minimum atomic E-state index is -4.15. The quantitative estimate of drug-likeness (QED) is 0.426. The lowest BCUT2D eigenvalue weighted by molar-refractivity contribution is -0.140. The molecule has 1 aliphatic heterocycles. The van der Waals surface area contributed by atoms with Crippen LogP contribution in [-0.4, -0.2) is 58.0 Å². The molecule has 2 amide bonds. The molecule has 1 aliphatic rings. The second kappa shape index (κ2) is 12.0. The number of likely N-dealkylation sites (N-methyl/N-ethyl adjacent to an activating group) is 1. The average Bonchev–Trinajstić information content (AvgIpc) is 2.96. The van der Waals surface area contributed by atoms with Crippen LogP contribution < -0.4 is 19.1 Å². The van der Waals surface area contributed by atoms with E-state index in [4.69, 9.17) is 9.47 Å². The molecule has 1 atom stereocenters. The molecule has 1 heterocycles. The number of rotatable bonds is 10. The molecule has 0 fully saturated rings. The zero-order valence-electron chi connectivity index (χ0n) is 21.4. The molecule has 10 heteroatoms. The zero-order chi connectivity index (χ0) is 27.1. The number of amides is 2. The topological polar surface area (TPSA) is 105 Å². The van der Waals surface area contributed by atoms with Crippen LogP contribution in [0, 0.1) is 0 Å². The van der Waals surface area contributed by atoms with Gasteiger partial charge in [0.1, 0.15) is 25.8 Å². The number of hydrogen-bond donors (Lipinski definition) is 1. The van der Waals surface area contributed by atoms with Crippen LogP contribution in [0.25, 0.3) is 0 Å². The maximum atomic E-state index is 13.9. The lowest BCUT2D eigenvalue weighted by atomic mass is 10.1. The van der Waals surface area contributed by atoms with E-state index in [0.717, 1.165) is 9.87 Å². The fraction of sp³-hybridized carbons (Fsp3) is 0.286. The summed E-state index contributed by atoms with van der Waals surface area (Å²) < 4.78 is 40.0. The Balaban J connectivity index is 1.75. The van der Waals surface area contributed by atoms with Crippen LogP contribution >= 0.6 is 0 Å². The molecule has 1 N–H and O–H groups in total. The van der Waals surface area contributed by atoms with E-state index in [1.54, 1.807) is 36.4 Å². The van der Waals surface area contributed by atoms with Crippen LogP contribution in [-0.2, 0) is 26.2 Å². The third-order valence-corrected chi connectivity index (χ3v) is 8.04. The first-order valence-corrected chi connectivity index (χ1v) is 13.8. The highest BCUT2D eigenvalue weighted by Gasteiger charge is 2.33. The van der Waals surface area contributed by atoms with E-state index in [1.165, 1.54) is 24.1 Å². The van der Waals surface area contributed by atoms with E-state index in [-0.39, 0.29) is 23.0 Å². The predicted molar refractivity (Wildman–Crippen MR) is 144 cm³/mol. The molecule has 200 valence electrons. The van der Waals surface area contributed by atoms with Gasteiger partial charge in [-0.1, -0.05) is 55.5 Å². The number of carbonyl (C=O) groups excluding carboxylic acids is 2. The second-order valence-corrected chi connectivity index (χ2v) is 10.6. The van der Waals surface area contributed by atoms with Gasteiger partial charge < -0.3 is 19.7 Å². The highest BCUT2D eigenvalue weighted by Crippen LogP contribution is 2.36. The Kier molecular flexibility index (Phi) is 8.52. The standard InChI is InChI=1S/C28H31N3O6S/c1-3-24(28(33)29-2)30(19-21-10-6-4-7-11-21)27(32)20-31(38(34,35)23-12-8-5-9-13-23)22-14-15-25-26(18-22)37-17-16-36-25/h4-15,18,24H,3,16-17,19-20H2,1-2H3,(H,29,33). The normalized spacial score (nSPS) is 13.3. The Morgan fingerprint density at radius 3 is 2.18 bits per heavy atom. The summed E-state index contributed by atoms with van der Waals surface area (Å²) >= 11 is 0. The van der Waals surface area contributed by atoms with Crippen LogP contribution in [0.2, 0.25) is 0 Å². The van der Waals surface area contributed by atoms with Gasteiger partial charge in [-0.3, -0.25) is 13.9 Å². The van der Waals surface area contributed by atoms with Crippen molar-refractivity contribution in [3.8, 4) is 11.5 Å². The number of anilines is 1. The number of benzene rings is 3. The molecule has 0 aromatic heterocycles. The summed E-state index contributed by atoms with van der Waals surface area (Å²) in [6.07, 6.45) is 0.355. The van der Waals surface area contributed by atoms with Crippen molar-refractivity contribution in [2.75, 3.05) is 31.1 Å². The van der Waals surface area contributed by atoms with Gasteiger partial charge in [-0.05, 0) is 36.2 Å². The van der Waals surface area contributed by atoms with Crippen molar-refractivity contribution < 1.29 is 27.5 Å². The number of carbonyl (C=O) groups is 2. The molecule has 0 saturated heterocycles. The number of hydrogen-bond acceptors (Lipinski definition) is 6. The van der Waals surface area contributed by atoms with E-state index in [9.17, 15) is 18.0 Å². The van der Waals surface area contributed by atoms with Crippen LogP contribution in [0.1, 0.15) is 18.9 Å². The largest absolute Gasteiger partial charge is 0.486 e. The van der Waals surface area contributed by atoms with E-state index < -0.39 is 28.5 Å². The summed E-state index contributed by atoms with van der Waals surface area (Å²) in [6.45, 7) is 2.16. The molecule has 0 radical (unpaired) electrons. The highest BCUT2D eigenvalue weighted by atomic mass is 32.2. The number of fused-ring (bicyclic) bond motifs is 1. The van der Waals surface area contributed by atoms with Crippen molar-refractivity contribution in [3.05, 3.63) is 84.4 Å². The summed E-state index contributed by atoms with van der Waals surface area (Å²) in [5.41, 5.74) is 1.07. The Bertz CT molecular complexity index is 1370. The maximum Gasteiger partial charge on any atom is 0.264 e. The van der Waals surface area contributed by atoms with Gasteiger partial charge in [0, 0.05) is 19.7 Å². The number of sulfonamides is 1. The van der Waals surface area contributed by atoms with Crippen LogP contribution in [0.3, 0.4) is 0 Å². The Morgan fingerprint density at radius 2 is 1.55 bits per heavy atom. The maximum absolute atomic E-state index is 13.9. The Labute approximate surface area is 223 Å². The summed E-state index contributed by atoms with van der Waals surface area (Å²) in [5.74, 6) is 0.0550. The van der Waals surface area contributed by atoms with Crippen LogP contribution in [0.5, 0.6) is 11.5 Å². The van der Waals surface area contributed by atoms with E-state index in [2.05, 4.69) is 5.32 Å². The van der Waals surface area contributed by atoms with E-state index >= 15 is 0 Å². The average molecular weight is 538 g/mol. The molecule has 9 nitrogen and oxygen atoms in total. The molecule has 0 bridgehead atoms. The van der Waals surface area contributed by atoms with E-state index in [0.29, 0.717) is 31.1 Å². The molecule has 0 spiro atoms. The van der Waals surface area contributed by atoms with Gasteiger partial charge >= 0.3 is 0 Å². The molecule has 38 heavy (non-hydrogen) atoms. The second-order valence-electron chi connectivity index (χ2n) is 8.70. The van der Waals surface area contributed by atoms with Gasteiger partial charge in [-0.25, -0.2) is 8.42 Å². The summed E-state index contributed by atoms with van der Waals surface area (Å²) in [7, 11) is -2.64. The van der Waals surface area contributed by atoms with Crippen molar-refractivity contribution in [3.63, 3.8) is 0 Å². The number of nitrogens with zero attached hydrogens (tertiary/aromatic N) is 2. The van der Waals surface area contributed by atoms with Gasteiger partial charge in [0.15, 0.2) is 11.5 Å². The van der Waals surface area contributed by atoms with Gasteiger partial charge in [0.2, 0.25) is 11.8 Å². The van der Waals surface area contributed by atoms with Gasteiger partial charge in [0.25, 0.3) is 10.0 Å². The third kappa shape index (κ3) is 5.91. The lowest BCUT2D eigenvalue weighted by Gasteiger charge is -2.33. The molecule has 4 rings (SSSR count). The first-order valence-electron chi connectivity index (χ1n) is 12.4. The van der Waals surface area contributed by atoms with Crippen molar-refractivity contribution in [1.82, 2.24) is 10.2 Å². The van der Waals surface area contributed by atoms with Crippen LogP contribution in [0.4, 0.5) is 5.69 Å². The van der Waals surface area contributed by atoms with Gasteiger partial charge in [0.05, 0.1) is 10.6 Å². The minimum Gasteiger partial charge on any atom is -0.486 e.